The first kappa shape index (κ1) is 9.31. The highest BCUT2D eigenvalue weighted by Crippen LogP contribution is 2.37. The van der Waals surface area contributed by atoms with Gasteiger partial charge in [0.05, 0.1) is 12.2 Å². The average Bonchev–Trinajstić information content (AvgIpc) is 2.70. The van der Waals surface area contributed by atoms with Crippen molar-refractivity contribution in [1.29, 1.82) is 0 Å². The van der Waals surface area contributed by atoms with Crippen molar-refractivity contribution < 1.29 is 14.3 Å². The largest absolute Gasteiger partial charge is 0.481 e. The van der Waals surface area contributed by atoms with Crippen molar-refractivity contribution in [3.8, 4) is 0 Å². The second-order valence-electron chi connectivity index (χ2n) is 3.85. The van der Waals surface area contributed by atoms with Crippen LogP contribution in [0.1, 0.15) is 37.4 Å². The molecule has 1 heterocycles. The Morgan fingerprint density at radius 3 is 2.86 bits per heavy atom. The number of furan rings is 1. The lowest BCUT2D eigenvalue weighted by Gasteiger charge is -2.26. The van der Waals surface area contributed by atoms with Crippen LogP contribution in [-0.2, 0) is 4.79 Å². The zero-order valence-electron chi connectivity index (χ0n) is 7.98. The number of hydrogen-bond acceptors (Lipinski definition) is 2. The summed E-state index contributed by atoms with van der Waals surface area (Å²) in [6, 6.07) is 3.70. The van der Waals surface area contributed by atoms with Gasteiger partial charge in [0, 0.05) is 5.92 Å². The molecule has 1 saturated carbocycles. The van der Waals surface area contributed by atoms with Gasteiger partial charge in [-0.05, 0) is 25.0 Å². The minimum absolute atomic E-state index is 0.0799. The molecule has 1 aromatic rings. The molecule has 0 bridgehead atoms. The SMILES string of the molecule is O=C(O)C1CCCCC1c1ccco1. The molecule has 1 fully saturated rings. The summed E-state index contributed by atoms with van der Waals surface area (Å²) in [5.41, 5.74) is 0. The highest BCUT2D eigenvalue weighted by atomic mass is 16.4. The summed E-state index contributed by atoms with van der Waals surface area (Å²) in [5.74, 6) is -0.0330. The fourth-order valence-electron chi connectivity index (χ4n) is 2.27. The van der Waals surface area contributed by atoms with Crippen LogP contribution in [0.2, 0.25) is 0 Å². The zero-order chi connectivity index (χ0) is 9.97. The van der Waals surface area contributed by atoms with Crippen LogP contribution >= 0.6 is 0 Å². The molecule has 1 N–H and O–H groups in total. The van der Waals surface area contributed by atoms with Crippen molar-refractivity contribution in [3.05, 3.63) is 24.2 Å². The van der Waals surface area contributed by atoms with E-state index in [1.54, 1.807) is 6.26 Å². The standard InChI is InChI=1S/C11H14O3/c12-11(13)9-5-2-1-4-8(9)10-6-3-7-14-10/h3,6-9H,1-2,4-5H2,(H,12,13). The summed E-state index contributed by atoms with van der Waals surface area (Å²) in [4.78, 5) is 11.0. The van der Waals surface area contributed by atoms with Gasteiger partial charge in [-0.1, -0.05) is 12.8 Å². The first-order valence-corrected chi connectivity index (χ1v) is 5.05. The monoisotopic (exact) mass is 194 g/mol. The number of rotatable bonds is 2. The van der Waals surface area contributed by atoms with Crippen LogP contribution < -0.4 is 0 Å². The van der Waals surface area contributed by atoms with Gasteiger partial charge in [-0.2, -0.15) is 0 Å². The molecule has 3 heteroatoms. The molecule has 1 aromatic heterocycles. The average molecular weight is 194 g/mol. The third kappa shape index (κ3) is 1.67. The molecule has 2 rings (SSSR count). The second-order valence-corrected chi connectivity index (χ2v) is 3.85. The minimum atomic E-state index is -0.689. The summed E-state index contributed by atoms with van der Waals surface area (Å²) in [5, 5.41) is 9.07. The van der Waals surface area contributed by atoms with Crippen LogP contribution in [0.25, 0.3) is 0 Å². The maximum Gasteiger partial charge on any atom is 0.307 e. The van der Waals surface area contributed by atoms with Gasteiger partial charge in [0.1, 0.15) is 5.76 Å². The molecule has 1 aliphatic rings. The first-order valence-electron chi connectivity index (χ1n) is 5.05. The number of carbonyl (C=O) groups is 1. The molecule has 0 radical (unpaired) electrons. The van der Waals surface area contributed by atoms with Gasteiger partial charge in [0.15, 0.2) is 0 Å². The normalized spacial score (nSPS) is 27.4. The van der Waals surface area contributed by atoms with Crippen molar-refractivity contribution in [2.24, 2.45) is 5.92 Å². The maximum atomic E-state index is 11.0. The Bertz CT molecular complexity index is 302. The Labute approximate surface area is 82.7 Å². The van der Waals surface area contributed by atoms with Crippen LogP contribution in [0.5, 0.6) is 0 Å². The topological polar surface area (TPSA) is 50.4 Å². The minimum Gasteiger partial charge on any atom is -0.481 e. The molecule has 76 valence electrons. The van der Waals surface area contributed by atoms with Crippen LogP contribution in [0.15, 0.2) is 22.8 Å². The number of carboxylic acids is 1. The summed E-state index contributed by atoms with van der Waals surface area (Å²) in [7, 11) is 0. The lowest BCUT2D eigenvalue weighted by atomic mass is 9.78. The molecule has 1 aliphatic carbocycles. The van der Waals surface area contributed by atoms with E-state index in [0.717, 1.165) is 31.4 Å². The molecular formula is C11H14O3. The quantitative estimate of drug-likeness (QED) is 0.787. The van der Waals surface area contributed by atoms with Gasteiger partial charge in [-0.3, -0.25) is 4.79 Å². The van der Waals surface area contributed by atoms with E-state index in [2.05, 4.69) is 0 Å². The molecule has 0 amide bonds. The van der Waals surface area contributed by atoms with E-state index in [4.69, 9.17) is 9.52 Å². The summed E-state index contributed by atoms with van der Waals surface area (Å²) in [6.45, 7) is 0. The fourth-order valence-corrected chi connectivity index (χ4v) is 2.27. The lowest BCUT2D eigenvalue weighted by Crippen LogP contribution is -2.25. The van der Waals surface area contributed by atoms with E-state index >= 15 is 0 Å². The third-order valence-corrected chi connectivity index (χ3v) is 2.99. The third-order valence-electron chi connectivity index (χ3n) is 2.99. The fraction of sp³-hybridized carbons (Fsp3) is 0.545. The molecule has 2 atom stereocenters. The Kier molecular flexibility index (Phi) is 2.57. The van der Waals surface area contributed by atoms with Gasteiger partial charge in [-0.25, -0.2) is 0 Å². The molecule has 0 aliphatic heterocycles. The molecule has 14 heavy (non-hydrogen) atoms. The van der Waals surface area contributed by atoms with E-state index in [1.165, 1.54) is 0 Å². The second kappa shape index (κ2) is 3.86. The van der Waals surface area contributed by atoms with Crippen molar-refractivity contribution in [3.63, 3.8) is 0 Å². The molecule has 3 nitrogen and oxygen atoms in total. The van der Waals surface area contributed by atoms with Gasteiger partial charge in [0.25, 0.3) is 0 Å². The first-order chi connectivity index (χ1) is 6.79. The Balaban J connectivity index is 2.18. The Morgan fingerprint density at radius 2 is 2.21 bits per heavy atom. The van der Waals surface area contributed by atoms with Gasteiger partial charge >= 0.3 is 5.97 Å². The van der Waals surface area contributed by atoms with Crippen molar-refractivity contribution in [1.82, 2.24) is 0 Å². The van der Waals surface area contributed by atoms with Crippen LogP contribution in [-0.4, -0.2) is 11.1 Å². The van der Waals surface area contributed by atoms with Gasteiger partial charge < -0.3 is 9.52 Å². The van der Waals surface area contributed by atoms with Crippen LogP contribution in [0.4, 0.5) is 0 Å². The highest BCUT2D eigenvalue weighted by Gasteiger charge is 2.33. The predicted molar refractivity (Wildman–Crippen MR) is 51.0 cm³/mol. The maximum absolute atomic E-state index is 11.0. The Hall–Kier alpha value is -1.25. The van der Waals surface area contributed by atoms with E-state index in [9.17, 15) is 4.79 Å². The molecular weight excluding hydrogens is 180 g/mol. The molecule has 0 aromatic carbocycles. The summed E-state index contributed by atoms with van der Waals surface area (Å²) in [6.07, 6.45) is 5.46. The lowest BCUT2D eigenvalue weighted by molar-refractivity contribution is -0.143. The van der Waals surface area contributed by atoms with E-state index < -0.39 is 5.97 Å². The van der Waals surface area contributed by atoms with E-state index in [0.29, 0.717) is 0 Å². The van der Waals surface area contributed by atoms with E-state index in [-0.39, 0.29) is 11.8 Å². The van der Waals surface area contributed by atoms with Crippen molar-refractivity contribution in [2.45, 2.75) is 31.6 Å². The predicted octanol–water partition coefficient (Wildman–Crippen LogP) is 2.64. The van der Waals surface area contributed by atoms with Gasteiger partial charge in [0.2, 0.25) is 0 Å². The van der Waals surface area contributed by atoms with E-state index in [1.807, 2.05) is 12.1 Å². The smallest absolute Gasteiger partial charge is 0.307 e. The number of carboxylic acid groups (broad SMARTS) is 1. The number of aliphatic carboxylic acids is 1. The zero-order valence-corrected chi connectivity index (χ0v) is 7.98. The molecule has 2 unspecified atom stereocenters. The van der Waals surface area contributed by atoms with Gasteiger partial charge in [-0.15, -0.1) is 0 Å². The Morgan fingerprint density at radius 1 is 1.43 bits per heavy atom. The summed E-state index contributed by atoms with van der Waals surface area (Å²) < 4.78 is 5.29. The van der Waals surface area contributed by atoms with Crippen molar-refractivity contribution in [2.75, 3.05) is 0 Å². The molecule has 0 saturated heterocycles. The van der Waals surface area contributed by atoms with Crippen molar-refractivity contribution >= 4 is 5.97 Å². The van der Waals surface area contributed by atoms with Crippen LogP contribution in [0.3, 0.4) is 0 Å². The summed E-state index contributed by atoms with van der Waals surface area (Å²) >= 11 is 0. The highest BCUT2D eigenvalue weighted by molar-refractivity contribution is 5.71. The van der Waals surface area contributed by atoms with Crippen LogP contribution in [0, 0.1) is 5.92 Å². The molecule has 0 spiro atoms. The number of hydrogen-bond donors (Lipinski definition) is 1.